The molecule has 2 N–H and O–H groups in total. The molecule has 1 unspecified atom stereocenters. The molecule has 1 aromatic carbocycles. The first-order chi connectivity index (χ1) is 11.2. The van der Waals surface area contributed by atoms with E-state index >= 15 is 0 Å². The Labute approximate surface area is 147 Å². The van der Waals surface area contributed by atoms with Crippen molar-refractivity contribution in [2.75, 3.05) is 18.4 Å². The highest BCUT2D eigenvalue weighted by molar-refractivity contribution is 5.92. The van der Waals surface area contributed by atoms with Crippen LogP contribution in [0.25, 0.3) is 0 Å². The van der Waals surface area contributed by atoms with Gasteiger partial charge in [0.2, 0.25) is 5.91 Å². The van der Waals surface area contributed by atoms with Gasteiger partial charge in [-0.25, -0.2) is 9.97 Å². The van der Waals surface area contributed by atoms with Gasteiger partial charge in [0.15, 0.2) is 0 Å². The Balaban J connectivity index is 0.00000208. The second-order valence-electron chi connectivity index (χ2n) is 5.64. The van der Waals surface area contributed by atoms with E-state index in [4.69, 9.17) is 4.74 Å². The lowest BCUT2D eigenvalue weighted by Gasteiger charge is -2.21. The lowest BCUT2D eigenvalue weighted by atomic mass is 9.99. The van der Waals surface area contributed by atoms with Crippen LogP contribution in [0.2, 0.25) is 0 Å². The molecular weight excluding hydrogens is 328 g/mol. The molecule has 0 spiro atoms. The van der Waals surface area contributed by atoms with Crippen LogP contribution >= 0.6 is 12.4 Å². The topological polar surface area (TPSA) is 76.1 Å². The van der Waals surface area contributed by atoms with Crippen LogP contribution in [0.4, 0.5) is 5.69 Å². The third kappa shape index (κ3) is 4.91. The molecule has 1 atom stereocenters. The third-order valence-corrected chi connectivity index (χ3v) is 3.77. The van der Waals surface area contributed by atoms with E-state index in [-0.39, 0.29) is 24.2 Å². The Bertz CT molecular complexity index is 673. The Hall–Kier alpha value is -2.18. The van der Waals surface area contributed by atoms with E-state index < -0.39 is 0 Å². The summed E-state index contributed by atoms with van der Waals surface area (Å²) in [6.45, 7) is 3.63. The van der Waals surface area contributed by atoms with E-state index in [1.165, 1.54) is 0 Å². The molecule has 1 aliphatic heterocycles. The predicted octanol–water partition coefficient (Wildman–Crippen LogP) is 2.94. The number of rotatable bonds is 4. The number of halogens is 1. The summed E-state index contributed by atoms with van der Waals surface area (Å²) >= 11 is 0. The van der Waals surface area contributed by atoms with Crippen LogP contribution in [0, 0.1) is 12.8 Å². The number of nitrogens with zero attached hydrogens (tertiary/aromatic N) is 2. The average Bonchev–Trinajstić information content (AvgIpc) is 2.57. The molecule has 0 aliphatic carbocycles. The van der Waals surface area contributed by atoms with Crippen molar-refractivity contribution < 1.29 is 9.53 Å². The fraction of sp³-hybridized carbons (Fsp3) is 0.353. The first kappa shape index (κ1) is 18.2. The molecule has 3 rings (SSSR count). The number of carbonyl (C=O) groups is 1. The lowest BCUT2D eigenvalue weighted by molar-refractivity contribution is -0.120. The molecule has 2 aromatic rings. The minimum absolute atomic E-state index is 0. The summed E-state index contributed by atoms with van der Waals surface area (Å²) in [5.74, 6) is 0.737. The molecule has 6 nitrogen and oxygen atoms in total. The maximum absolute atomic E-state index is 12.2. The summed E-state index contributed by atoms with van der Waals surface area (Å²) in [7, 11) is 0. The number of aromatic nitrogens is 2. The number of anilines is 1. The first-order valence-electron chi connectivity index (χ1n) is 7.80. The third-order valence-electron chi connectivity index (χ3n) is 3.77. The molecule has 0 radical (unpaired) electrons. The van der Waals surface area contributed by atoms with E-state index in [1.807, 2.05) is 25.1 Å². The van der Waals surface area contributed by atoms with Gasteiger partial charge in [-0.15, -0.1) is 12.4 Å². The largest absolute Gasteiger partial charge is 0.424 e. The summed E-state index contributed by atoms with van der Waals surface area (Å²) in [6.07, 6.45) is 3.64. The molecule has 128 valence electrons. The molecular formula is C17H21ClN4O2. The number of nitrogens with one attached hydrogen (secondary N) is 2. The molecule has 1 amide bonds. The van der Waals surface area contributed by atoms with Crippen LogP contribution in [0.1, 0.15) is 18.5 Å². The molecule has 1 aliphatic rings. The summed E-state index contributed by atoms with van der Waals surface area (Å²) in [6, 6.07) is 9.35. The second kappa shape index (κ2) is 8.61. The van der Waals surface area contributed by atoms with E-state index in [0.717, 1.165) is 37.3 Å². The van der Waals surface area contributed by atoms with E-state index in [2.05, 4.69) is 20.6 Å². The van der Waals surface area contributed by atoms with E-state index in [1.54, 1.807) is 18.3 Å². The van der Waals surface area contributed by atoms with Crippen LogP contribution < -0.4 is 15.4 Å². The summed E-state index contributed by atoms with van der Waals surface area (Å²) in [4.78, 5) is 20.4. The van der Waals surface area contributed by atoms with Crippen molar-refractivity contribution in [2.45, 2.75) is 19.8 Å². The van der Waals surface area contributed by atoms with Crippen LogP contribution in [0.3, 0.4) is 0 Å². The van der Waals surface area contributed by atoms with Crippen molar-refractivity contribution >= 4 is 24.0 Å². The summed E-state index contributed by atoms with van der Waals surface area (Å²) < 4.78 is 5.59. The van der Waals surface area contributed by atoms with Crippen molar-refractivity contribution in [1.29, 1.82) is 0 Å². The molecule has 1 fully saturated rings. The maximum atomic E-state index is 12.2. The Morgan fingerprint density at radius 2 is 2.08 bits per heavy atom. The van der Waals surface area contributed by atoms with Crippen LogP contribution in [-0.4, -0.2) is 29.0 Å². The van der Waals surface area contributed by atoms with E-state index in [0.29, 0.717) is 11.8 Å². The fourth-order valence-corrected chi connectivity index (χ4v) is 2.51. The summed E-state index contributed by atoms with van der Waals surface area (Å²) in [5.41, 5.74) is 1.61. The van der Waals surface area contributed by atoms with Gasteiger partial charge in [0.1, 0.15) is 5.75 Å². The van der Waals surface area contributed by atoms with Crippen molar-refractivity contribution in [3.8, 4) is 11.8 Å². The van der Waals surface area contributed by atoms with Crippen LogP contribution in [0.5, 0.6) is 11.8 Å². The van der Waals surface area contributed by atoms with Gasteiger partial charge in [-0.1, -0.05) is 0 Å². The zero-order valence-corrected chi connectivity index (χ0v) is 14.3. The fourth-order valence-electron chi connectivity index (χ4n) is 2.51. The highest BCUT2D eigenvalue weighted by Gasteiger charge is 2.20. The van der Waals surface area contributed by atoms with Gasteiger partial charge in [0.25, 0.3) is 0 Å². The SMILES string of the molecule is Cc1ccnc(Oc2ccc(NC(=O)C3CCCNC3)cc2)n1.Cl. The van der Waals surface area contributed by atoms with Gasteiger partial charge in [-0.05, 0) is 56.6 Å². The average molecular weight is 349 g/mol. The number of amides is 1. The molecule has 0 bridgehead atoms. The second-order valence-corrected chi connectivity index (χ2v) is 5.64. The smallest absolute Gasteiger partial charge is 0.322 e. The standard InChI is InChI=1S/C17H20N4O2.ClH/c1-12-8-10-19-17(20-12)23-15-6-4-14(5-7-15)21-16(22)13-3-2-9-18-11-13;/h4-8,10,13,18H,2-3,9,11H2,1H3,(H,21,22);1H. The molecule has 1 saturated heterocycles. The molecule has 0 saturated carbocycles. The monoisotopic (exact) mass is 348 g/mol. The van der Waals surface area contributed by atoms with Gasteiger partial charge in [-0.2, -0.15) is 0 Å². The molecule has 24 heavy (non-hydrogen) atoms. The number of hydrogen-bond donors (Lipinski definition) is 2. The van der Waals surface area contributed by atoms with Crippen molar-refractivity contribution in [3.63, 3.8) is 0 Å². The minimum atomic E-state index is 0. The normalized spacial score (nSPS) is 16.8. The first-order valence-corrected chi connectivity index (χ1v) is 7.80. The van der Waals surface area contributed by atoms with Gasteiger partial charge < -0.3 is 15.4 Å². The maximum Gasteiger partial charge on any atom is 0.322 e. The molecule has 1 aromatic heterocycles. The number of ether oxygens (including phenoxy) is 1. The molecule has 7 heteroatoms. The Morgan fingerprint density at radius 1 is 1.29 bits per heavy atom. The Kier molecular flexibility index (Phi) is 6.52. The predicted molar refractivity (Wildman–Crippen MR) is 94.8 cm³/mol. The number of hydrogen-bond acceptors (Lipinski definition) is 5. The molecule has 2 heterocycles. The van der Waals surface area contributed by atoms with Gasteiger partial charge >= 0.3 is 6.01 Å². The van der Waals surface area contributed by atoms with E-state index in [9.17, 15) is 4.79 Å². The minimum Gasteiger partial charge on any atom is -0.424 e. The Morgan fingerprint density at radius 3 is 2.75 bits per heavy atom. The zero-order chi connectivity index (χ0) is 16.1. The number of aryl methyl sites for hydroxylation is 1. The van der Waals surface area contributed by atoms with Gasteiger partial charge in [0.05, 0.1) is 5.92 Å². The number of piperidine rings is 1. The van der Waals surface area contributed by atoms with Crippen LogP contribution in [0.15, 0.2) is 36.5 Å². The highest BCUT2D eigenvalue weighted by atomic mass is 35.5. The summed E-state index contributed by atoms with van der Waals surface area (Å²) in [5, 5.41) is 6.19. The quantitative estimate of drug-likeness (QED) is 0.888. The number of benzene rings is 1. The van der Waals surface area contributed by atoms with Crippen LogP contribution in [-0.2, 0) is 4.79 Å². The number of carbonyl (C=O) groups excluding carboxylic acids is 1. The van der Waals surface area contributed by atoms with Gasteiger partial charge in [-0.3, -0.25) is 4.79 Å². The van der Waals surface area contributed by atoms with Gasteiger partial charge in [0, 0.05) is 24.1 Å². The van der Waals surface area contributed by atoms with Crippen molar-refractivity contribution in [1.82, 2.24) is 15.3 Å². The van der Waals surface area contributed by atoms with Crippen molar-refractivity contribution in [2.24, 2.45) is 5.92 Å². The lowest BCUT2D eigenvalue weighted by Crippen LogP contribution is -2.37. The zero-order valence-electron chi connectivity index (χ0n) is 13.5. The highest BCUT2D eigenvalue weighted by Crippen LogP contribution is 2.21. The van der Waals surface area contributed by atoms with Crippen molar-refractivity contribution in [3.05, 3.63) is 42.2 Å².